The van der Waals surface area contributed by atoms with Crippen molar-refractivity contribution in [3.8, 4) is 6.07 Å². The van der Waals surface area contributed by atoms with Crippen molar-refractivity contribution in [2.45, 2.75) is 11.9 Å². The van der Waals surface area contributed by atoms with Gasteiger partial charge in [-0.2, -0.15) is 10.4 Å². The molecular weight excluding hydrogens is 298 g/mol. The smallest absolute Gasteiger partial charge is 0.267 e. The van der Waals surface area contributed by atoms with Gasteiger partial charge in [-0.25, -0.2) is 5.01 Å². The molecular formula is C17H12ClN3O. The van der Waals surface area contributed by atoms with Crippen LogP contribution in [0.5, 0.6) is 0 Å². The summed E-state index contributed by atoms with van der Waals surface area (Å²) in [5.41, 5.74) is 2.81. The van der Waals surface area contributed by atoms with Crippen LogP contribution >= 0.6 is 11.6 Å². The summed E-state index contributed by atoms with van der Waals surface area (Å²) < 4.78 is 0. The quantitative estimate of drug-likeness (QED) is 0.797. The molecule has 0 bridgehead atoms. The van der Waals surface area contributed by atoms with Gasteiger partial charge >= 0.3 is 0 Å². The number of hydrogen-bond donors (Lipinski definition) is 0. The fraction of sp³-hybridized carbons (Fsp3) is 0.118. The van der Waals surface area contributed by atoms with E-state index in [0.29, 0.717) is 5.56 Å². The first-order valence-electron chi connectivity index (χ1n) is 6.76. The van der Waals surface area contributed by atoms with Gasteiger partial charge in [0.05, 0.1) is 12.3 Å². The summed E-state index contributed by atoms with van der Waals surface area (Å²) in [4.78, 5) is 12.8. The minimum Gasteiger partial charge on any atom is -0.267 e. The lowest BCUT2D eigenvalue weighted by molar-refractivity contribution is 0.0719. The Morgan fingerprint density at radius 2 is 1.95 bits per heavy atom. The van der Waals surface area contributed by atoms with E-state index in [9.17, 15) is 10.1 Å². The number of hydrogen-bond acceptors (Lipinski definition) is 3. The number of benzene rings is 2. The Bertz CT molecular complexity index is 794. The van der Waals surface area contributed by atoms with Gasteiger partial charge in [0.2, 0.25) is 0 Å². The van der Waals surface area contributed by atoms with Crippen molar-refractivity contribution in [3.63, 3.8) is 0 Å². The van der Waals surface area contributed by atoms with E-state index < -0.39 is 6.04 Å². The molecule has 0 N–H and O–H groups in total. The Hall–Kier alpha value is -2.64. The van der Waals surface area contributed by atoms with Gasteiger partial charge in [0, 0.05) is 17.0 Å². The van der Waals surface area contributed by atoms with Crippen LogP contribution in [0, 0.1) is 11.3 Å². The van der Waals surface area contributed by atoms with Gasteiger partial charge in [-0.1, -0.05) is 42.5 Å². The SMILES string of the molecule is N#CC1c2ccccc2C=NN1C(=O)c1ccccc1CCl. The molecule has 108 valence electrons. The van der Waals surface area contributed by atoms with Crippen LogP contribution in [-0.2, 0) is 5.88 Å². The number of alkyl halides is 1. The third-order valence-electron chi connectivity index (χ3n) is 3.58. The summed E-state index contributed by atoms with van der Waals surface area (Å²) in [6, 6.07) is 15.9. The minimum atomic E-state index is -0.739. The Balaban J connectivity index is 2.03. The van der Waals surface area contributed by atoms with Crippen molar-refractivity contribution in [1.82, 2.24) is 5.01 Å². The number of rotatable bonds is 2. The lowest BCUT2D eigenvalue weighted by atomic mass is 9.99. The van der Waals surface area contributed by atoms with E-state index >= 15 is 0 Å². The highest BCUT2D eigenvalue weighted by Gasteiger charge is 2.30. The van der Waals surface area contributed by atoms with Gasteiger partial charge in [0.15, 0.2) is 6.04 Å². The molecule has 1 aliphatic rings. The molecule has 0 spiro atoms. The minimum absolute atomic E-state index is 0.229. The molecule has 0 saturated carbocycles. The first-order chi connectivity index (χ1) is 10.8. The Morgan fingerprint density at radius 1 is 1.23 bits per heavy atom. The standard InChI is InChI=1S/C17H12ClN3O/c18-9-12-5-1-4-8-15(12)17(22)21-16(10-19)14-7-3-2-6-13(14)11-20-21/h1-8,11,16H,9H2. The number of halogens is 1. The highest BCUT2D eigenvalue weighted by atomic mass is 35.5. The number of amides is 1. The van der Waals surface area contributed by atoms with Gasteiger partial charge in [-0.15, -0.1) is 11.6 Å². The number of carbonyl (C=O) groups is 1. The molecule has 0 radical (unpaired) electrons. The van der Waals surface area contributed by atoms with Crippen LogP contribution in [0.25, 0.3) is 0 Å². The number of hydrazone groups is 1. The van der Waals surface area contributed by atoms with Crippen LogP contribution in [0.1, 0.15) is 33.1 Å². The molecule has 1 atom stereocenters. The average molecular weight is 310 g/mol. The highest BCUT2D eigenvalue weighted by molar-refractivity contribution is 6.17. The molecule has 0 aliphatic carbocycles. The first kappa shape index (κ1) is 14.3. The van der Waals surface area contributed by atoms with Crippen LogP contribution < -0.4 is 0 Å². The van der Waals surface area contributed by atoms with Crippen molar-refractivity contribution in [2.24, 2.45) is 5.10 Å². The molecule has 1 aliphatic heterocycles. The number of nitriles is 1. The van der Waals surface area contributed by atoms with Gasteiger partial charge < -0.3 is 0 Å². The number of carbonyl (C=O) groups excluding carboxylic acids is 1. The molecule has 2 aromatic carbocycles. The van der Waals surface area contributed by atoms with Crippen molar-refractivity contribution >= 4 is 23.7 Å². The second kappa shape index (κ2) is 6.00. The Labute approximate surface area is 133 Å². The van der Waals surface area contributed by atoms with Crippen LogP contribution in [0.3, 0.4) is 0 Å². The van der Waals surface area contributed by atoms with Gasteiger partial charge in [-0.3, -0.25) is 4.79 Å². The zero-order valence-corrected chi connectivity index (χ0v) is 12.4. The summed E-state index contributed by atoms with van der Waals surface area (Å²) in [7, 11) is 0. The predicted octanol–water partition coefficient (Wildman–Crippen LogP) is 3.48. The largest absolute Gasteiger partial charge is 0.275 e. The predicted molar refractivity (Wildman–Crippen MR) is 84.6 cm³/mol. The summed E-state index contributed by atoms with van der Waals surface area (Å²) in [5.74, 6) is -0.0960. The van der Waals surface area contributed by atoms with E-state index in [1.54, 1.807) is 24.4 Å². The van der Waals surface area contributed by atoms with Gasteiger partial charge in [0.1, 0.15) is 0 Å². The maximum absolute atomic E-state index is 12.8. The van der Waals surface area contributed by atoms with Gasteiger partial charge in [-0.05, 0) is 17.2 Å². The zero-order valence-electron chi connectivity index (χ0n) is 11.6. The molecule has 5 heteroatoms. The lowest BCUT2D eigenvalue weighted by Gasteiger charge is -2.27. The summed E-state index contributed by atoms with van der Waals surface area (Å²) >= 11 is 5.89. The molecule has 1 amide bonds. The monoisotopic (exact) mass is 309 g/mol. The van der Waals surface area contributed by atoms with Crippen LogP contribution in [-0.4, -0.2) is 17.1 Å². The summed E-state index contributed by atoms with van der Waals surface area (Å²) in [5, 5.41) is 14.9. The maximum atomic E-state index is 12.8. The van der Waals surface area contributed by atoms with E-state index in [-0.39, 0.29) is 11.8 Å². The molecule has 22 heavy (non-hydrogen) atoms. The summed E-state index contributed by atoms with van der Waals surface area (Å²) in [6.07, 6.45) is 1.60. The number of nitrogens with zero attached hydrogens (tertiary/aromatic N) is 3. The topological polar surface area (TPSA) is 56.5 Å². The van der Waals surface area contributed by atoms with Crippen molar-refractivity contribution in [3.05, 3.63) is 70.8 Å². The van der Waals surface area contributed by atoms with E-state index in [0.717, 1.165) is 16.7 Å². The van der Waals surface area contributed by atoms with Crippen molar-refractivity contribution < 1.29 is 4.79 Å². The van der Waals surface area contributed by atoms with Crippen LogP contribution in [0.4, 0.5) is 0 Å². The third-order valence-corrected chi connectivity index (χ3v) is 3.87. The fourth-order valence-corrected chi connectivity index (χ4v) is 2.70. The second-order valence-electron chi connectivity index (χ2n) is 4.85. The lowest BCUT2D eigenvalue weighted by Crippen LogP contribution is -2.33. The zero-order chi connectivity index (χ0) is 15.5. The maximum Gasteiger partial charge on any atom is 0.275 e. The van der Waals surface area contributed by atoms with Crippen LogP contribution in [0.2, 0.25) is 0 Å². The van der Waals surface area contributed by atoms with Crippen molar-refractivity contribution in [1.29, 1.82) is 5.26 Å². The Kier molecular flexibility index (Phi) is 3.90. The average Bonchev–Trinajstić information content (AvgIpc) is 2.60. The normalized spacial score (nSPS) is 16.0. The third kappa shape index (κ3) is 2.36. The molecule has 1 heterocycles. The van der Waals surface area contributed by atoms with Crippen molar-refractivity contribution in [2.75, 3.05) is 0 Å². The first-order valence-corrected chi connectivity index (χ1v) is 7.29. The van der Waals surface area contributed by atoms with Gasteiger partial charge in [0.25, 0.3) is 5.91 Å². The summed E-state index contributed by atoms with van der Waals surface area (Å²) in [6.45, 7) is 0. The fourth-order valence-electron chi connectivity index (χ4n) is 2.46. The van der Waals surface area contributed by atoms with Crippen LogP contribution in [0.15, 0.2) is 53.6 Å². The Morgan fingerprint density at radius 3 is 2.73 bits per heavy atom. The van der Waals surface area contributed by atoms with E-state index in [1.165, 1.54) is 5.01 Å². The van der Waals surface area contributed by atoms with E-state index in [2.05, 4.69) is 11.2 Å². The molecule has 0 fully saturated rings. The molecule has 2 aromatic rings. The highest BCUT2D eigenvalue weighted by Crippen LogP contribution is 2.29. The molecule has 0 aromatic heterocycles. The number of fused-ring (bicyclic) bond motifs is 1. The molecule has 3 rings (SSSR count). The molecule has 1 unspecified atom stereocenters. The second-order valence-corrected chi connectivity index (χ2v) is 5.11. The molecule has 0 saturated heterocycles. The van der Waals surface area contributed by atoms with E-state index in [1.807, 2.05) is 30.3 Å². The molecule has 4 nitrogen and oxygen atoms in total. The van der Waals surface area contributed by atoms with E-state index in [4.69, 9.17) is 11.6 Å².